The second-order valence-corrected chi connectivity index (χ2v) is 5.36. The van der Waals surface area contributed by atoms with Crippen LogP contribution in [0, 0.1) is 0 Å². The van der Waals surface area contributed by atoms with Gasteiger partial charge in [0.25, 0.3) is 0 Å². The number of carbonyl (C=O) groups excluding carboxylic acids is 1. The van der Waals surface area contributed by atoms with Crippen molar-refractivity contribution in [3.05, 3.63) is 58.1 Å². The Bertz CT molecular complexity index is 642. The van der Waals surface area contributed by atoms with Crippen molar-refractivity contribution in [2.45, 2.75) is 6.10 Å². The van der Waals surface area contributed by atoms with Crippen molar-refractivity contribution in [1.82, 2.24) is 5.32 Å². The molecule has 0 spiro atoms. The Hall–Kier alpha value is -1.95. The first-order chi connectivity index (χ1) is 10.5. The number of phenols is 1. The second-order valence-electron chi connectivity index (χ2n) is 4.55. The molecule has 0 aliphatic heterocycles. The summed E-state index contributed by atoms with van der Waals surface area (Å²) in [5, 5.41) is 24.5. The quantitative estimate of drug-likeness (QED) is 0.642. The lowest BCUT2D eigenvalue weighted by molar-refractivity contribution is 0.175. The van der Waals surface area contributed by atoms with Crippen LogP contribution in [0.25, 0.3) is 0 Å². The predicted molar refractivity (Wildman–Crippen MR) is 86.6 cm³/mol. The zero-order chi connectivity index (χ0) is 16.1. The Morgan fingerprint density at radius 2 is 1.73 bits per heavy atom. The number of aliphatic hydroxyl groups is 1. The Morgan fingerprint density at radius 3 is 2.32 bits per heavy atom. The van der Waals surface area contributed by atoms with Crippen LogP contribution in [0.4, 0.5) is 10.5 Å². The lowest BCUT2D eigenvalue weighted by atomic mass is 10.1. The van der Waals surface area contributed by atoms with Crippen molar-refractivity contribution < 1.29 is 15.0 Å². The van der Waals surface area contributed by atoms with Gasteiger partial charge in [0.2, 0.25) is 0 Å². The summed E-state index contributed by atoms with van der Waals surface area (Å²) < 4.78 is 0. The maximum Gasteiger partial charge on any atom is 0.319 e. The van der Waals surface area contributed by atoms with E-state index in [0.717, 1.165) is 0 Å². The second kappa shape index (κ2) is 7.35. The van der Waals surface area contributed by atoms with Gasteiger partial charge >= 0.3 is 6.03 Å². The van der Waals surface area contributed by atoms with Crippen LogP contribution in [-0.2, 0) is 0 Å². The number of amides is 2. The molecule has 0 aliphatic rings. The van der Waals surface area contributed by atoms with E-state index in [1.54, 1.807) is 24.3 Å². The summed E-state index contributed by atoms with van der Waals surface area (Å²) in [6, 6.07) is 11.2. The summed E-state index contributed by atoms with van der Waals surface area (Å²) in [6.07, 6.45) is -0.807. The zero-order valence-electron chi connectivity index (χ0n) is 11.4. The minimum atomic E-state index is -0.807. The first-order valence-corrected chi connectivity index (χ1v) is 7.19. The molecule has 0 saturated heterocycles. The third kappa shape index (κ3) is 4.27. The van der Waals surface area contributed by atoms with Gasteiger partial charge in [0, 0.05) is 12.2 Å². The number of benzene rings is 2. The number of hydrogen-bond acceptors (Lipinski definition) is 3. The fraction of sp³-hybridized carbons (Fsp3) is 0.133. The average Bonchev–Trinajstić information content (AvgIpc) is 2.51. The van der Waals surface area contributed by atoms with Crippen molar-refractivity contribution >= 4 is 34.9 Å². The Balaban J connectivity index is 1.91. The number of carbonyl (C=O) groups is 1. The van der Waals surface area contributed by atoms with Gasteiger partial charge < -0.3 is 20.8 Å². The minimum Gasteiger partial charge on any atom is -0.505 e. The van der Waals surface area contributed by atoms with Crippen molar-refractivity contribution in [1.29, 1.82) is 0 Å². The summed E-state index contributed by atoms with van der Waals surface area (Å²) in [5.41, 5.74) is 1.04. The number of nitrogens with one attached hydrogen (secondary N) is 2. The number of phenolic OH excluding ortho intramolecular Hbond substituents is 1. The molecule has 2 aromatic carbocycles. The largest absolute Gasteiger partial charge is 0.505 e. The monoisotopic (exact) mass is 340 g/mol. The highest BCUT2D eigenvalue weighted by molar-refractivity contribution is 6.37. The molecule has 5 nitrogen and oxygen atoms in total. The molecule has 0 aromatic heterocycles. The molecule has 0 saturated carbocycles. The normalized spacial score (nSPS) is 11.8. The lowest BCUT2D eigenvalue weighted by Crippen LogP contribution is -2.32. The molecule has 1 unspecified atom stereocenters. The van der Waals surface area contributed by atoms with Crippen LogP contribution in [0.5, 0.6) is 5.75 Å². The van der Waals surface area contributed by atoms with E-state index in [-0.39, 0.29) is 22.3 Å². The molecule has 2 aromatic rings. The molecule has 2 rings (SSSR count). The summed E-state index contributed by atoms with van der Waals surface area (Å²) in [7, 11) is 0. The van der Waals surface area contributed by atoms with Crippen LogP contribution < -0.4 is 10.6 Å². The van der Waals surface area contributed by atoms with E-state index in [9.17, 15) is 15.0 Å². The molecule has 1 atom stereocenters. The SMILES string of the molecule is O=C(NCC(O)c1ccccc1)Nc1cc(Cl)c(O)c(Cl)c1. The molecule has 2 amide bonds. The molecule has 0 fully saturated rings. The van der Waals surface area contributed by atoms with Crippen molar-refractivity contribution in [3.8, 4) is 5.75 Å². The highest BCUT2D eigenvalue weighted by Gasteiger charge is 2.11. The van der Waals surface area contributed by atoms with Crippen LogP contribution in [0.2, 0.25) is 10.0 Å². The fourth-order valence-electron chi connectivity index (χ4n) is 1.80. The van der Waals surface area contributed by atoms with E-state index in [0.29, 0.717) is 11.3 Å². The van der Waals surface area contributed by atoms with Crippen LogP contribution in [0.1, 0.15) is 11.7 Å². The van der Waals surface area contributed by atoms with Gasteiger partial charge in [0.05, 0.1) is 16.1 Å². The van der Waals surface area contributed by atoms with Crippen LogP contribution >= 0.6 is 23.2 Å². The summed E-state index contributed by atoms with van der Waals surface area (Å²) in [5.74, 6) is -0.242. The van der Waals surface area contributed by atoms with Gasteiger partial charge in [-0.2, -0.15) is 0 Å². The Labute approximate surface area is 137 Å². The van der Waals surface area contributed by atoms with Crippen molar-refractivity contribution in [2.75, 3.05) is 11.9 Å². The first-order valence-electron chi connectivity index (χ1n) is 6.43. The number of aliphatic hydroxyl groups excluding tert-OH is 1. The highest BCUT2D eigenvalue weighted by atomic mass is 35.5. The van der Waals surface area contributed by atoms with Crippen molar-refractivity contribution in [2.24, 2.45) is 0 Å². The Kier molecular flexibility index (Phi) is 5.49. The number of urea groups is 1. The highest BCUT2D eigenvalue weighted by Crippen LogP contribution is 2.34. The summed E-state index contributed by atoms with van der Waals surface area (Å²) in [6.45, 7) is 0.0510. The maximum atomic E-state index is 11.8. The zero-order valence-corrected chi connectivity index (χ0v) is 12.9. The number of aromatic hydroxyl groups is 1. The van der Waals surface area contributed by atoms with E-state index in [4.69, 9.17) is 23.2 Å². The molecular weight excluding hydrogens is 327 g/mol. The molecule has 0 radical (unpaired) electrons. The molecule has 116 valence electrons. The van der Waals surface area contributed by atoms with Crippen LogP contribution in [0.3, 0.4) is 0 Å². The first kappa shape index (κ1) is 16.4. The van der Waals surface area contributed by atoms with Gasteiger partial charge in [-0.05, 0) is 17.7 Å². The van der Waals surface area contributed by atoms with Gasteiger partial charge in [-0.3, -0.25) is 0 Å². The van der Waals surface area contributed by atoms with E-state index in [2.05, 4.69) is 10.6 Å². The molecular formula is C15H14Cl2N2O3. The lowest BCUT2D eigenvalue weighted by Gasteiger charge is -2.13. The predicted octanol–water partition coefficient (Wildman–Crippen LogP) is 3.55. The number of hydrogen-bond donors (Lipinski definition) is 4. The topological polar surface area (TPSA) is 81.6 Å². The molecule has 0 aliphatic carbocycles. The molecule has 22 heavy (non-hydrogen) atoms. The number of rotatable bonds is 4. The average molecular weight is 341 g/mol. The summed E-state index contributed by atoms with van der Waals surface area (Å²) >= 11 is 11.5. The number of anilines is 1. The number of halogens is 2. The standard InChI is InChI=1S/C15H14Cl2N2O3/c16-11-6-10(7-12(17)14(11)21)19-15(22)18-8-13(20)9-4-2-1-3-5-9/h1-7,13,20-21H,8H2,(H2,18,19,22). The third-order valence-electron chi connectivity index (χ3n) is 2.92. The molecule has 7 heteroatoms. The van der Waals surface area contributed by atoms with Gasteiger partial charge in [-0.1, -0.05) is 53.5 Å². The maximum absolute atomic E-state index is 11.8. The molecule has 0 bridgehead atoms. The third-order valence-corrected chi connectivity index (χ3v) is 3.49. The van der Waals surface area contributed by atoms with Crippen LogP contribution in [0.15, 0.2) is 42.5 Å². The smallest absolute Gasteiger partial charge is 0.319 e. The van der Waals surface area contributed by atoms with Gasteiger partial charge in [-0.25, -0.2) is 4.79 Å². The van der Waals surface area contributed by atoms with Crippen LogP contribution in [-0.4, -0.2) is 22.8 Å². The Morgan fingerprint density at radius 1 is 1.14 bits per heavy atom. The van der Waals surface area contributed by atoms with E-state index in [1.807, 2.05) is 6.07 Å². The summed E-state index contributed by atoms with van der Waals surface area (Å²) in [4.78, 5) is 11.8. The van der Waals surface area contributed by atoms with Gasteiger partial charge in [0.1, 0.15) is 0 Å². The van der Waals surface area contributed by atoms with Crippen molar-refractivity contribution in [3.63, 3.8) is 0 Å². The van der Waals surface area contributed by atoms with Gasteiger partial charge in [-0.15, -0.1) is 0 Å². The minimum absolute atomic E-state index is 0.0344. The van der Waals surface area contributed by atoms with E-state index < -0.39 is 12.1 Å². The molecule has 4 N–H and O–H groups in total. The van der Waals surface area contributed by atoms with Gasteiger partial charge in [0.15, 0.2) is 5.75 Å². The fourth-order valence-corrected chi connectivity index (χ4v) is 2.28. The molecule has 0 heterocycles. The van der Waals surface area contributed by atoms with E-state index >= 15 is 0 Å². The van der Waals surface area contributed by atoms with E-state index in [1.165, 1.54) is 12.1 Å².